The monoisotopic (exact) mass is 236 g/mol. The Balaban J connectivity index is 2.74. The van der Waals surface area contributed by atoms with Crippen LogP contribution in [0.2, 0.25) is 0 Å². The molecule has 3 nitrogen and oxygen atoms in total. The molecule has 0 aliphatic rings. The highest BCUT2D eigenvalue weighted by atomic mass is 16.5. The van der Waals surface area contributed by atoms with Crippen LogP contribution in [0.3, 0.4) is 0 Å². The first-order valence-electron chi connectivity index (χ1n) is 6.39. The molecular weight excluding hydrogens is 212 g/mol. The van der Waals surface area contributed by atoms with Crippen molar-refractivity contribution in [1.82, 2.24) is 5.43 Å². The van der Waals surface area contributed by atoms with Crippen molar-refractivity contribution in [2.24, 2.45) is 5.84 Å². The van der Waals surface area contributed by atoms with Crippen molar-refractivity contribution in [2.45, 2.75) is 45.8 Å². The predicted octanol–water partition coefficient (Wildman–Crippen LogP) is 2.57. The minimum Gasteiger partial charge on any atom is -0.377 e. The number of aryl methyl sites for hydroxylation is 1. The van der Waals surface area contributed by atoms with Gasteiger partial charge >= 0.3 is 0 Å². The summed E-state index contributed by atoms with van der Waals surface area (Å²) in [6.45, 7) is 6.92. The maximum atomic E-state index is 5.60. The number of hydrogen-bond acceptors (Lipinski definition) is 3. The van der Waals surface area contributed by atoms with Crippen LogP contribution in [0.1, 0.15) is 44.4 Å². The molecule has 0 aromatic heterocycles. The van der Waals surface area contributed by atoms with Gasteiger partial charge in [0.15, 0.2) is 0 Å². The van der Waals surface area contributed by atoms with Crippen LogP contribution in [0.15, 0.2) is 24.3 Å². The van der Waals surface area contributed by atoms with Crippen molar-refractivity contribution in [3.8, 4) is 0 Å². The Bertz CT molecular complexity index is 311. The highest BCUT2D eigenvalue weighted by Gasteiger charge is 2.17. The fourth-order valence-corrected chi connectivity index (χ4v) is 2.04. The third-order valence-corrected chi connectivity index (χ3v) is 2.96. The third-order valence-electron chi connectivity index (χ3n) is 2.96. The van der Waals surface area contributed by atoms with E-state index in [2.05, 4.69) is 36.6 Å². The molecule has 2 unspecified atom stereocenters. The summed E-state index contributed by atoms with van der Waals surface area (Å²) in [7, 11) is 0. The van der Waals surface area contributed by atoms with Crippen molar-refractivity contribution in [2.75, 3.05) is 6.61 Å². The van der Waals surface area contributed by atoms with Gasteiger partial charge in [-0.1, -0.05) is 37.6 Å². The molecule has 0 saturated heterocycles. The number of nitrogens with one attached hydrogen (secondary N) is 1. The summed E-state index contributed by atoms with van der Waals surface area (Å²) >= 11 is 0. The molecule has 0 spiro atoms. The quantitative estimate of drug-likeness (QED) is 0.565. The second kappa shape index (κ2) is 7.43. The van der Waals surface area contributed by atoms with E-state index in [9.17, 15) is 0 Å². The molecule has 0 heterocycles. The van der Waals surface area contributed by atoms with Gasteiger partial charge in [-0.15, -0.1) is 0 Å². The van der Waals surface area contributed by atoms with Crippen LogP contribution in [0, 0.1) is 0 Å². The topological polar surface area (TPSA) is 47.3 Å². The number of hydrogen-bond donors (Lipinski definition) is 2. The van der Waals surface area contributed by atoms with Gasteiger partial charge in [0, 0.05) is 6.61 Å². The number of ether oxygens (including phenoxy) is 1. The van der Waals surface area contributed by atoms with Gasteiger partial charge in [-0.2, -0.15) is 0 Å². The van der Waals surface area contributed by atoms with E-state index in [1.165, 1.54) is 17.5 Å². The van der Waals surface area contributed by atoms with Crippen LogP contribution in [-0.4, -0.2) is 12.7 Å². The van der Waals surface area contributed by atoms with E-state index >= 15 is 0 Å². The molecule has 3 N–H and O–H groups in total. The van der Waals surface area contributed by atoms with Crippen LogP contribution in [0.4, 0.5) is 0 Å². The van der Waals surface area contributed by atoms with Gasteiger partial charge in [-0.05, 0) is 31.4 Å². The predicted molar refractivity (Wildman–Crippen MR) is 71.6 cm³/mol. The standard InChI is InChI=1S/C14H24N2O/c1-4-6-12-7-9-13(10-8-12)14(16-15)11(3)17-5-2/h7-11,14,16H,4-6,15H2,1-3H3. The zero-order valence-corrected chi connectivity index (χ0v) is 11.1. The van der Waals surface area contributed by atoms with Gasteiger partial charge in [0.2, 0.25) is 0 Å². The fourth-order valence-electron chi connectivity index (χ4n) is 2.04. The third kappa shape index (κ3) is 4.11. The second-order valence-electron chi connectivity index (χ2n) is 4.30. The van der Waals surface area contributed by atoms with E-state index < -0.39 is 0 Å². The summed E-state index contributed by atoms with van der Waals surface area (Å²) < 4.78 is 5.58. The molecule has 1 rings (SSSR count). The van der Waals surface area contributed by atoms with E-state index in [1.807, 2.05) is 13.8 Å². The Kier molecular flexibility index (Phi) is 6.19. The van der Waals surface area contributed by atoms with Gasteiger partial charge in [-0.3, -0.25) is 11.3 Å². The molecule has 0 aliphatic heterocycles. The summed E-state index contributed by atoms with van der Waals surface area (Å²) in [4.78, 5) is 0. The van der Waals surface area contributed by atoms with Crippen LogP contribution < -0.4 is 11.3 Å². The smallest absolute Gasteiger partial charge is 0.0754 e. The summed E-state index contributed by atoms with van der Waals surface area (Å²) in [5.41, 5.74) is 5.38. The molecular formula is C14H24N2O. The molecule has 0 aliphatic carbocycles. The molecule has 0 amide bonds. The van der Waals surface area contributed by atoms with E-state index in [1.54, 1.807) is 0 Å². The lowest BCUT2D eigenvalue weighted by molar-refractivity contribution is 0.0472. The lowest BCUT2D eigenvalue weighted by Crippen LogP contribution is -2.36. The van der Waals surface area contributed by atoms with Gasteiger partial charge < -0.3 is 4.74 Å². The normalized spacial score (nSPS) is 14.6. The SMILES string of the molecule is CCCc1ccc(C(NN)C(C)OCC)cc1. The minimum atomic E-state index is 0.0469. The Morgan fingerprint density at radius 1 is 1.24 bits per heavy atom. The summed E-state index contributed by atoms with van der Waals surface area (Å²) in [5.74, 6) is 5.60. The summed E-state index contributed by atoms with van der Waals surface area (Å²) in [5, 5.41) is 0. The number of rotatable bonds is 7. The molecule has 0 fully saturated rings. The molecule has 96 valence electrons. The first-order valence-corrected chi connectivity index (χ1v) is 6.39. The van der Waals surface area contributed by atoms with Crippen LogP contribution >= 0.6 is 0 Å². The summed E-state index contributed by atoms with van der Waals surface area (Å²) in [6, 6.07) is 8.64. The minimum absolute atomic E-state index is 0.0469. The summed E-state index contributed by atoms with van der Waals surface area (Å²) in [6.07, 6.45) is 2.37. The van der Waals surface area contributed by atoms with Crippen LogP contribution in [-0.2, 0) is 11.2 Å². The lowest BCUT2D eigenvalue weighted by atomic mass is 10.00. The average molecular weight is 236 g/mol. The maximum Gasteiger partial charge on any atom is 0.0754 e. The molecule has 0 radical (unpaired) electrons. The Hall–Kier alpha value is -0.900. The Labute approximate surface area is 104 Å². The number of hydrazine groups is 1. The second-order valence-corrected chi connectivity index (χ2v) is 4.30. The van der Waals surface area contributed by atoms with Crippen LogP contribution in [0.25, 0.3) is 0 Å². The fraction of sp³-hybridized carbons (Fsp3) is 0.571. The van der Waals surface area contributed by atoms with Gasteiger partial charge in [-0.25, -0.2) is 0 Å². The largest absolute Gasteiger partial charge is 0.377 e. The van der Waals surface area contributed by atoms with Crippen molar-refractivity contribution in [1.29, 1.82) is 0 Å². The lowest BCUT2D eigenvalue weighted by Gasteiger charge is -2.23. The van der Waals surface area contributed by atoms with Crippen LogP contribution in [0.5, 0.6) is 0 Å². The van der Waals surface area contributed by atoms with E-state index in [4.69, 9.17) is 10.6 Å². The van der Waals surface area contributed by atoms with E-state index in [-0.39, 0.29) is 12.1 Å². The number of benzene rings is 1. The van der Waals surface area contributed by atoms with Gasteiger partial charge in [0.1, 0.15) is 0 Å². The van der Waals surface area contributed by atoms with E-state index in [0.29, 0.717) is 6.61 Å². The molecule has 3 heteroatoms. The van der Waals surface area contributed by atoms with Crippen molar-refractivity contribution in [3.63, 3.8) is 0 Å². The first kappa shape index (κ1) is 14.2. The Morgan fingerprint density at radius 3 is 2.35 bits per heavy atom. The Morgan fingerprint density at radius 2 is 1.88 bits per heavy atom. The highest BCUT2D eigenvalue weighted by molar-refractivity contribution is 5.25. The highest BCUT2D eigenvalue weighted by Crippen LogP contribution is 2.19. The molecule has 1 aromatic rings. The molecule has 2 atom stereocenters. The van der Waals surface area contributed by atoms with Crippen molar-refractivity contribution in [3.05, 3.63) is 35.4 Å². The molecule has 1 aromatic carbocycles. The van der Waals surface area contributed by atoms with Gasteiger partial charge in [0.05, 0.1) is 12.1 Å². The zero-order valence-electron chi connectivity index (χ0n) is 11.1. The van der Waals surface area contributed by atoms with Crippen molar-refractivity contribution < 1.29 is 4.74 Å². The van der Waals surface area contributed by atoms with E-state index in [0.717, 1.165) is 6.42 Å². The first-order chi connectivity index (χ1) is 8.22. The molecule has 0 saturated carbocycles. The van der Waals surface area contributed by atoms with Crippen molar-refractivity contribution >= 4 is 0 Å². The number of nitrogens with two attached hydrogens (primary N) is 1. The molecule has 17 heavy (non-hydrogen) atoms. The zero-order chi connectivity index (χ0) is 12.7. The maximum absolute atomic E-state index is 5.60. The average Bonchev–Trinajstić information content (AvgIpc) is 2.33. The molecule has 0 bridgehead atoms. The van der Waals surface area contributed by atoms with Gasteiger partial charge in [0.25, 0.3) is 0 Å².